The fraction of sp³-hybridized carbons (Fsp3) is 1.00. The van der Waals surface area contributed by atoms with E-state index in [4.69, 9.17) is 0 Å². The normalized spacial score (nSPS) is 33.6. The SMILES string of the molecule is CCCC1CC1NS(=O)(=O)CC1CCCNC1. The van der Waals surface area contributed by atoms with Crippen molar-refractivity contribution in [2.24, 2.45) is 11.8 Å². The van der Waals surface area contributed by atoms with Gasteiger partial charge >= 0.3 is 0 Å². The summed E-state index contributed by atoms with van der Waals surface area (Å²) in [5.41, 5.74) is 0. The Balaban J connectivity index is 1.75. The summed E-state index contributed by atoms with van der Waals surface area (Å²) in [6.07, 6.45) is 5.47. The average molecular weight is 260 g/mol. The van der Waals surface area contributed by atoms with Gasteiger partial charge in [0.05, 0.1) is 5.75 Å². The maximum atomic E-state index is 12.0. The Bertz CT molecular complexity index is 336. The highest BCUT2D eigenvalue weighted by Crippen LogP contribution is 2.35. The molecule has 5 heteroatoms. The molecule has 100 valence electrons. The van der Waals surface area contributed by atoms with Crippen molar-refractivity contribution in [3.8, 4) is 0 Å². The van der Waals surface area contributed by atoms with Gasteiger partial charge in [0.25, 0.3) is 0 Å². The van der Waals surface area contributed by atoms with Gasteiger partial charge in [0.1, 0.15) is 0 Å². The van der Waals surface area contributed by atoms with Gasteiger partial charge in [-0.2, -0.15) is 0 Å². The molecule has 1 aliphatic heterocycles. The van der Waals surface area contributed by atoms with E-state index in [0.717, 1.165) is 45.2 Å². The Morgan fingerprint density at radius 2 is 2.24 bits per heavy atom. The molecule has 2 fully saturated rings. The Morgan fingerprint density at radius 1 is 1.41 bits per heavy atom. The summed E-state index contributed by atoms with van der Waals surface area (Å²) in [6.45, 7) is 4.03. The molecule has 0 aromatic rings. The molecule has 2 N–H and O–H groups in total. The third kappa shape index (κ3) is 4.23. The smallest absolute Gasteiger partial charge is 0.212 e. The van der Waals surface area contributed by atoms with Crippen molar-refractivity contribution in [1.29, 1.82) is 0 Å². The van der Waals surface area contributed by atoms with Crippen molar-refractivity contribution in [1.82, 2.24) is 10.0 Å². The molecule has 0 radical (unpaired) electrons. The second kappa shape index (κ2) is 5.67. The van der Waals surface area contributed by atoms with Crippen LogP contribution in [0.3, 0.4) is 0 Å². The van der Waals surface area contributed by atoms with Crippen LogP contribution in [-0.4, -0.2) is 33.3 Å². The number of nitrogens with one attached hydrogen (secondary N) is 2. The lowest BCUT2D eigenvalue weighted by molar-refractivity contribution is 0.402. The van der Waals surface area contributed by atoms with Gasteiger partial charge in [0, 0.05) is 6.04 Å². The fourth-order valence-electron chi connectivity index (χ4n) is 2.74. The summed E-state index contributed by atoms with van der Waals surface area (Å²) in [6, 6.07) is 0.233. The third-order valence-electron chi connectivity index (χ3n) is 3.77. The Morgan fingerprint density at radius 3 is 2.88 bits per heavy atom. The summed E-state index contributed by atoms with van der Waals surface area (Å²) in [7, 11) is -3.06. The Labute approximate surface area is 105 Å². The van der Waals surface area contributed by atoms with Crippen LogP contribution in [0.25, 0.3) is 0 Å². The van der Waals surface area contributed by atoms with E-state index in [-0.39, 0.29) is 6.04 Å². The Hall–Kier alpha value is -0.130. The number of hydrogen-bond donors (Lipinski definition) is 2. The monoisotopic (exact) mass is 260 g/mol. The van der Waals surface area contributed by atoms with Crippen molar-refractivity contribution in [2.45, 2.75) is 45.1 Å². The van der Waals surface area contributed by atoms with Crippen molar-refractivity contribution >= 4 is 10.0 Å². The van der Waals surface area contributed by atoms with Crippen molar-refractivity contribution in [3.63, 3.8) is 0 Å². The largest absolute Gasteiger partial charge is 0.316 e. The molecule has 3 unspecified atom stereocenters. The average Bonchev–Trinajstić information content (AvgIpc) is 2.96. The van der Waals surface area contributed by atoms with Gasteiger partial charge in [-0.15, -0.1) is 0 Å². The lowest BCUT2D eigenvalue weighted by Crippen LogP contribution is -2.38. The zero-order chi connectivity index (χ0) is 12.3. The number of hydrogen-bond acceptors (Lipinski definition) is 3. The number of piperidine rings is 1. The zero-order valence-corrected chi connectivity index (χ0v) is 11.4. The number of rotatable bonds is 6. The van der Waals surface area contributed by atoms with Crippen LogP contribution in [0.15, 0.2) is 0 Å². The molecular weight excluding hydrogens is 236 g/mol. The zero-order valence-electron chi connectivity index (χ0n) is 10.6. The standard InChI is InChI=1S/C12H24N2O2S/c1-2-4-11-7-12(11)14-17(15,16)9-10-5-3-6-13-8-10/h10-14H,2-9H2,1H3. The molecule has 1 aliphatic carbocycles. The van der Waals surface area contributed by atoms with E-state index in [0.29, 0.717) is 17.6 Å². The third-order valence-corrected chi connectivity index (χ3v) is 5.34. The summed E-state index contributed by atoms with van der Waals surface area (Å²) < 4.78 is 26.8. The summed E-state index contributed by atoms with van der Waals surface area (Å²) >= 11 is 0. The van der Waals surface area contributed by atoms with Crippen molar-refractivity contribution in [2.75, 3.05) is 18.8 Å². The summed E-state index contributed by atoms with van der Waals surface area (Å²) in [5.74, 6) is 1.19. The van der Waals surface area contributed by atoms with E-state index in [9.17, 15) is 8.42 Å². The maximum absolute atomic E-state index is 12.0. The van der Waals surface area contributed by atoms with E-state index in [2.05, 4.69) is 17.0 Å². The van der Waals surface area contributed by atoms with Gasteiger partial charge in [0.15, 0.2) is 0 Å². The predicted octanol–water partition coefficient (Wildman–Crippen LogP) is 1.09. The molecular formula is C12H24N2O2S. The lowest BCUT2D eigenvalue weighted by atomic mass is 10.0. The van der Waals surface area contributed by atoms with E-state index in [1.54, 1.807) is 0 Å². The van der Waals surface area contributed by atoms with Crippen LogP contribution in [0.5, 0.6) is 0 Å². The lowest BCUT2D eigenvalue weighted by Gasteiger charge is -2.22. The summed E-state index contributed by atoms with van der Waals surface area (Å²) in [4.78, 5) is 0. The first-order chi connectivity index (χ1) is 8.11. The van der Waals surface area contributed by atoms with Crippen LogP contribution in [0, 0.1) is 11.8 Å². The molecule has 1 saturated heterocycles. The highest BCUT2D eigenvalue weighted by molar-refractivity contribution is 7.89. The quantitative estimate of drug-likeness (QED) is 0.752. The van der Waals surface area contributed by atoms with Crippen LogP contribution < -0.4 is 10.0 Å². The van der Waals surface area contributed by atoms with Crippen LogP contribution in [-0.2, 0) is 10.0 Å². The first kappa shape index (κ1) is 13.3. The number of sulfonamides is 1. The minimum Gasteiger partial charge on any atom is -0.316 e. The fourth-order valence-corrected chi connectivity index (χ4v) is 4.49. The first-order valence-electron chi connectivity index (χ1n) is 6.81. The maximum Gasteiger partial charge on any atom is 0.212 e. The highest BCUT2D eigenvalue weighted by atomic mass is 32.2. The minimum atomic E-state index is -3.06. The van der Waals surface area contributed by atoms with Gasteiger partial charge in [-0.1, -0.05) is 13.3 Å². The van der Waals surface area contributed by atoms with Crippen LogP contribution in [0.2, 0.25) is 0 Å². The van der Waals surface area contributed by atoms with Crippen molar-refractivity contribution in [3.05, 3.63) is 0 Å². The molecule has 17 heavy (non-hydrogen) atoms. The van der Waals surface area contributed by atoms with E-state index in [1.165, 1.54) is 0 Å². The molecule has 3 atom stereocenters. The molecule has 1 heterocycles. The van der Waals surface area contributed by atoms with Gasteiger partial charge in [0.2, 0.25) is 10.0 Å². The van der Waals surface area contributed by atoms with Crippen LogP contribution >= 0.6 is 0 Å². The van der Waals surface area contributed by atoms with Crippen molar-refractivity contribution < 1.29 is 8.42 Å². The van der Waals surface area contributed by atoms with Crippen LogP contribution in [0.4, 0.5) is 0 Å². The van der Waals surface area contributed by atoms with Crippen LogP contribution in [0.1, 0.15) is 39.0 Å². The molecule has 1 saturated carbocycles. The molecule has 0 spiro atoms. The molecule has 0 aromatic heterocycles. The topological polar surface area (TPSA) is 58.2 Å². The molecule has 2 rings (SSSR count). The van der Waals surface area contributed by atoms with E-state index >= 15 is 0 Å². The second-order valence-corrected chi connectivity index (χ2v) is 7.30. The predicted molar refractivity (Wildman–Crippen MR) is 69.3 cm³/mol. The highest BCUT2D eigenvalue weighted by Gasteiger charge is 2.39. The van der Waals surface area contributed by atoms with Gasteiger partial charge in [-0.3, -0.25) is 0 Å². The van der Waals surface area contributed by atoms with Gasteiger partial charge < -0.3 is 5.32 Å². The first-order valence-corrected chi connectivity index (χ1v) is 8.46. The molecule has 4 nitrogen and oxygen atoms in total. The Kier molecular flexibility index (Phi) is 4.44. The summed E-state index contributed by atoms with van der Waals surface area (Å²) in [5, 5.41) is 3.26. The van der Waals surface area contributed by atoms with E-state index < -0.39 is 10.0 Å². The molecule has 0 amide bonds. The minimum absolute atomic E-state index is 0.233. The molecule has 0 bridgehead atoms. The van der Waals surface area contributed by atoms with Gasteiger partial charge in [-0.25, -0.2) is 13.1 Å². The van der Waals surface area contributed by atoms with E-state index in [1.807, 2.05) is 0 Å². The molecule has 0 aromatic carbocycles. The molecule has 2 aliphatic rings. The second-order valence-electron chi connectivity index (χ2n) is 5.50. The van der Waals surface area contributed by atoms with Gasteiger partial charge in [-0.05, 0) is 50.6 Å².